The Morgan fingerprint density at radius 3 is 1.49 bits per heavy atom. The number of aromatic nitrogens is 1. The Hall–Kier alpha value is -10.2. The number of nitrogens with two attached hydrogens (primary N) is 1. The minimum atomic E-state index is -5.63. The van der Waals surface area contributed by atoms with Crippen molar-refractivity contribution in [1.29, 1.82) is 0 Å². The number of ether oxygens (including phenoxy) is 4. The van der Waals surface area contributed by atoms with E-state index in [1.165, 1.54) is 6.08 Å². The van der Waals surface area contributed by atoms with Crippen LogP contribution in [0.3, 0.4) is 0 Å². The van der Waals surface area contributed by atoms with Crippen molar-refractivity contribution in [1.82, 2.24) is 63.5 Å². The summed E-state index contributed by atoms with van der Waals surface area (Å²) in [4.78, 5) is 220. The minimum Gasteiger partial charge on any atom is -0.481 e. The molecule has 41 nitrogen and oxygen atoms in total. The highest BCUT2D eigenvalue weighted by Crippen LogP contribution is 2.69. The number of para-hydroxylation sites is 1. The molecule has 0 spiro atoms. The normalized spacial score (nSPS) is 13.3. The molecule has 1 aliphatic carbocycles. The predicted molar refractivity (Wildman–Crippen MR) is 436 cm³/mol. The molecular weight excluding hydrogens is 1610 g/mol. The Balaban J connectivity index is 1.06. The zero-order valence-electron chi connectivity index (χ0n) is 67.5. The van der Waals surface area contributed by atoms with Crippen molar-refractivity contribution in [2.24, 2.45) is 5.73 Å². The number of amides is 14. The average Bonchev–Trinajstić information content (AvgIpc) is 0.771. The largest absolute Gasteiger partial charge is 0.481 e. The smallest absolute Gasteiger partial charge is 0.369 e. The van der Waals surface area contributed by atoms with Gasteiger partial charge >= 0.3 is 27.2 Å². The van der Waals surface area contributed by atoms with E-state index in [9.17, 15) is 106 Å². The number of hydrogen-bond acceptors (Lipinski definition) is 22. The lowest BCUT2D eigenvalue weighted by Crippen LogP contribution is -2.63. The maximum Gasteiger partial charge on any atom is 0.369 e. The van der Waals surface area contributed by atoms with Crippen LogP contribution in [-0.4, -0.2) is 245 Å². The van der Waals surface area contributed by atoms with Crippen molar-refractivity contribution >= 4 is 116 Å². The molecular formula is C77H117N15O26P2. The van der Waals surface area contributed by atoms with E-state index in [0.717, 1.165) is 17.5 Å². The Morgan fingerprint density at radius 2 is 0.983 bits per heavy atom. The lowest BCUT2D eigenvalue weighted by molar-refractivity contribution is -0.138. The molecule has 1 heterocycles. The first kappa shape index (κ1) is 102. The fourth-order valence-electron chi connectivity index (χ4n) is 11.9. The Morgan fingerprint density at radius 1 is 0.508 bits per heavy atom. The number of benzene rings is 2. The molecule has 4 rings (SSSR count). The number of hydrogen-bond donors (Lipinski definition) is 20. The Bertz CT molecular complexity index is 3900. The van der Waals surface area contributed by atoms with Crippen LogP contribution in [0.5, 0.6) is 0 Å². The van der Waals surface area contributed by atoms with Gasteiger partial charge in [0.2, 0.25) is 70.9 Å². The first-order valence-corrected chi connectivity index (χ1v) is 43.0. The molecule has 1 aliphatic rings. The molecule has 2 aromatic carbocycles. The van der Waals surface area contributed by atoms with Gasteiger partial charge in [0.15, 0.2) is 0 Å². The maximum atomic E-state index is 14.4. The van der Waals surface area contributed by atoms with Crippen LogP contribution in [0.2, 0.25) is 0 Å². The maximum absolute atomic E-state index is 14.4. The van der Waals surface area contributed by atoms with Crippen molar-refractivity contribution in [2.75, 3.05) is 109 Å². The van der Waals surface area contributed by atoms with Crippen LogP contribution in [-0.2, 0) is 96.8 Å². The number of rotatable bonds is 61. The first-order chi connectivity index (χ1) is 57.2. The lowest BCUT2D eigenvalue weighted by Gasteiger charge is -2.38. The summed E-state index contributed by atoms with van der Waals surface area (Å²) in [6.07, 6.45) is 7.17. The van der Waals surface area contributed by atoms with Crippen LogP contribution < -0.4 is 74.9 Å². The van der Waals surface area contributed by atoms with E-state index in [0.29, 0.717) is 55.5 Å². The number of nitrogens with one attached hydrogen (secondary N) is 13. The molecule has 0 bridgehead atoms. The zero-order chi connectivity index (χ0) is 88.2. The van der Waals surface area contributed by atoms with Gasteiger partial charge in [0, 0.05) is 127 Å². The fraction of sp³-hybridized carbons (Fsp3) is 0.571. The third-order valence-corrected chi connectivity index (χ3v) is 22.4. The summed E-state index contributed by atoms with van der Waals surface area (Å²) in [5.41, 5.74) is 7.31. The SMILES string of the molecule is Cc1ccccc1NC(=O)Nc1ccc(CC(=O)N[C@@H](CCCCNC(=O)/C=C/c2cccnc2)C(=O)N[C@@H](CCCC(=O)O)C(=O)NC2(C(=O)NCCOCCOCCNC(=O)CCC(=O)NCCOCCOCCNC(=O)CCC(=O)N[C@@H](CCCCNC(=O)CCC(=O)NCCCC(O)(P(=O)(O)O)P(=O)(O)O)C(N)=O)CCCCC2)cc1. The van der Waals surface area contributed by atoms with Crippen molar-refractivity contribution in [3.8, 4) is 0 Å². The molecule has 1 aromatic heterocycles. The van der Waals surface area contributed by atoms with Crippen LogP contribution in [0.1, 0.15) is 158 Å². The molecule has 120 heavy (non-hydrogen) atoms. The van der Waals surface area contributed by atoms with E-state index in [2.05, 4.69) is 74.1 Å². The highest BCUT2D eigenvalue weighted by Gasteiger charge is 2.58. The molecule has 0 aliphatic heterocycles. The summed E-state index contributed by atoms with van der Waals surface area (Å²) in [5, 5.41) is 50.8. The number of pyridine rings is 1. The van der Waals surface area contributed by atoms with Gasteiger partial charge in [-0.25, -0.2) is 4.79 Å². The zero-order valence-corrected chi connectivity index (χ0v) is 69.2. The van der Waals surface area contributed by atoms with E-state index in [1.54, 1.807) is 67.0 Å². The third-order valence-electron chi connectivity index (χ3n) is 18.6. The molecule has 21 N–H and O–H groups in total. The van der Waals surface area contributed by atoms with Gasteiger partial charge in [0.25, 0.3) is 5.08 Å². The monoisotopic (exact) mass is 1730 g/mol. The number of aliphatic carboxylic acids is 1. The molecule has 0 saturated heterocycles. The summed E-state index contributed by atoms with van der Waals surface area (Å²) in [7, 11) is -11.3. The van der Waals surface area contributed by atoms with Gasteiger partial charge in [-0.1, -0.05) is 55.7 Å². The standard InChI is InChI=1S/C77H117N15O26P2/c1-54-14-3-4-16-58(54)91-75(107)87-57-24-21-55(22-25-57)52-69(100)89-60(18-6-10-38-80-62(93)26-23-56-15-12-36-79-53-56)72(104)90-61(19-11-20-70(101)102)73(105)92-76(33-7-2-8-34-76)74(106)86-43-47-118-51-50-117-45-41-84-66(97)30-29-65(96)83-40-44-115-48-49-116-46-42-85-67(98)31-32-68(99)88-59(71(78)103)17-5-9-37-81-63(94)27-28-64(95)82-39-13-35-77(108,119(109,110)111)120(112,113)114/h3-4,12,14-16,21-26,36,53,59-61,108H,2,5-11,13,17-20,27-35,37-52H2,1H3,(H2,78,103)(H,80,93)(H,81,94)(H,82,95)(H,83,96)(H,84,97)(H,85,98)(H,86,106)(H,88,99)(H,89,100)(H,90,104)(H,92,105)(H,101,102)(H2,87,91,107)(H2,109,110,111)(H2,112,113,114)/b26-23+/t59-,60-,61-/m0/s1. The molecule has 0 radical (unpaired) electrons. The quantitative estimate of drug-likeness (QED) is 0.0209. The van der Waals surface area contributed by atoms with Crippen molar-refractivity contribution < 1.29 is 125 Å². The predicted octanol–water partition coefficient (Wildman–Crippen LogP) is 0.646. The van der Waals surface area contributed by atoms with E-state index >= 15 is 0 Å². The molecule has 666 valence electrons. The topological polar surface area (TPSA) is 627 Å². The molecule has 1 fully saturated rings. The second-order valence-electron chi connectivity index (χ2n) is 28.2. The van der Waals surface area contributed by atoms with Gasteiger partial charge < -0.3 is 124 Å². The second-order valence-corrected chi connectivity index (χ2v) is 32.2. The number of carbonyl (C=O) groups excluding carboxylic acids is 13. The molecule has 0 unspecified atom stereocenters. The number of carboxylic acids is 1. The highest BCUT2D eigenvalue weighted by atomic mass is 31.2. The highest BCUT2D eigenvalue weighted by molar-refractivity contribution is 7.72. The van der Waals surface area contributed by atoms with E-state index in [-0.39, 0.29) is 206 Å². The summed E-state index contributed by atoms with van der Waals surface area (Å²) in [6, 6.07) is 13.3. The molecule has 1 saturated carbocycles. The van der Waals surface area contributed by atoms with Crippen molar-refractivity contribution in [3.05, 3.63) is 95.8 Å². The average molecular weight is 1730 g/mol. The third kappa shape index (κ3) is 42.7. The van der Waals surface area contributed by atoms with E-state index in [1.807, 2.05) is 19.1 Å². The number of urea groups is 1. The number of anilines is 2. The summed E-state index contributed by atoms with van der Waals surface area (Å²) < 4.78 is 45.0. The molecule has 43 heteroatoms. The summed E-state index contributed by atoms with van der Waals surface area (Å²) in [5.74, 6) is -7.71. The van der Waals surface area contributed by atoms with Crippen LogP contribution in [0.15, 0.2) is 79.1 Å². The number of aliphatic hydroxyl groups is 1. The van der Waals surface area contributed by atoms with Gasteiger partial charge in [-0.3, -0.25) is 76.4 Å². The number of primary amides is 1. The van der Waals surface area contributed by atoms with Gasteiger partial charge in [-0.15, -0.1) is 0 Å². The van der Waals surface area contributed by atoms with Gasteiger partial charge in [0.1, 0.15) is 23.7 Å². The molecule has 3 atom stereocenters. The van der Waals surface area contributed by atoms with E-state index in [4.69, 9.17) is 24.7 Å². The summed E-state index contributed by atoms with van der Waals surface area (Å²) in [6.45, 7) is 3.55. The second kappa shape index (κ2) is 56.4. The van der Waals surface area contributed by atoms with Crippen LogP contribution in [0.25, 0.3) is 6.08 Å². The van der Waals surface area contributed by atoms with Crippen LogP contribution in [0, 0.1) is 6.92 Å². The number of unbranched alkanes of at least 4 members (excludes halogenated alkanes) is 2. The van der Waals surface area contributed by atoms with Gasteiger partial charge in [-0.05, 0) is 125 Å². The number of carbonyl (C=O) groups is 14. The first-order valence-electron chi connectivity index (χ1n) is 39.8. The number of aryl methyl sites for hydroxylation is 1. The fourth-order valence-corrected chi connectivity index (χ4v) is 14.2. The molecule has 3 aromatic rings. The minimum absolute atomic E-state index is 0.0194. The number of carboxylic acid groups (broad SMARTS) is 1. The Labute approximate surface area is 695 Å². The Kier molecular flexibility index (Phi) is 48.0. The van der Waals surface area contributed by atoms with Crippen LogP contribution in [0.4, 0.5) is 16.2 Å². The van der Waals surface area contributed by atoms with Gasteiger partial charge in [0.05, 0.1) is 59.3 Å². The number of nitrogens with zero attached hydrogens (tertiary/aromatic N) is 1. The lowest BCUT2D eigenvalue weighted by atomic mass is 9.80. The summed E-state index contributed by atoms with van der Waals surface area (Å²) >= 11 is 0. The van der Waals surface area contributed by atoms with Crippen molar-refractivity contribution in [3.63, 3.8) is 0 Å². The van der Waals surface area contributed by atoms with E-state index < -0.39 is 122 Å². The van der Waals surface area contributed by atoms with Crippen LogP contribution >= 0.6 is 15.2 Å². The molecule has 14 amide bonds. The van der Waals surface area contributed by atoms with Gasteiger partial charge in [-0.2, -0.15) is 0 Å². The van der Waals surface area contributed by atoms with Crippen molar-refractivity contribution in [2.45, 2.75) is 183 Å².